The number of nitrogens with zero attached hydrogens (tertiary/aromatic N) is 1. The Hall–Kier alpha value is -2.53. The number of amides is 1. The van der Waals surface area contributed by atoms with Gasteiger partial charge in [0.1, 0.15) is 12.7 Å². The molecule has 0 bridgehead atoms. The number of fused-ring (bicyclic) bond motifs is 1. The predicted octanol–water partition coefficient (Wildman–Crippen LogP) is 3.49. The smallest absolute Gasteiger partial charge is 0.251 e. The number of ether oxygens (including phenoxy) is 2. The van der Waals surface area contributed by atoms with Crippen LogP contribution in [0, 0.1) is 5.92 Å². The molecule has 4 rings (SSSR count). The van der Waals surface area contributed by atoms with Gasteiger partial charge in [-0.05, 0) is 61.7 Å². The first-order chi connectivity index (χ1) is 13.7. The zero-order chi connectivity index (χ0) is 19.3. The Balaban J connectivity index is 1.26. The highest BCUT2D eigenvalue weighted by atomic mass is 16.6. The van der Waals surface area contributed by atoms with E-state index in [0.29, 0.717) is 18.7 Å². The van der Waals surface area contributed by atoms with Gasteiger partial charge in [-0.15, -0.1) is 0 Å². The van der Waals surface area contributed by atoms with E-state index in [9.17, 15) is 4.79 Å². The molecule has 2 aliphatic heterocycles. The van der Waals surface area contributed by atoms with Gasteiger partial charge in [0, 0.05) is 12.1 Å². The molecule has 1 amide bonds. The van der Waals surface area contributed by atoms with Crippen LogP contribution >= 0.6 is 0 Å². The van der Waals surface area contributed by atoms with E-state index >= 15 is 0 Å². The summed E-state index contributed by atoms with van der Waals surface area (Å²) in [5, 5.41) is 2.95. The SMILES string of the molecule is CC1CCN(Cc2ccc(C(=O)NC[C@@H]3COc4ccccc4O3)cc2)CC1. The van der Waals surface area contributed by atoms with Gasteiger partial charge in [-0.1, -0.05) is 31.2 Å². The second-order valence-electron chi connectivity index (χ2n) is 7.86. The van der Waals surface area contributed by atoms with Crippen molar-refractivity contribution < 1.29 is 14.3 Å². The first kappa shape index (κ1) is 18.8. The second-order valence-corrected chi connectivity index (χ2v) is 7.86. The lowest BCUT2D eigenvalue weighted by molar-refractivity contribution is 0.0789. The molecule has 0 aromatic heterocycles. The monoisotopic (exact) mass is 380 g/mol. The third-order valence-corrected chi connectivity index (χ3v) is 5.56. The van der Waals surface area contributed by atoms with Gasteiger partial charge in [0.15, 0.2) is 11.5 Å². The number of para-hydroxylation sites is 2. The third-order valence-electron chi connectivity index (χ3n) is 5.56. The van der Waals surface area contributed by atoms with Crippen LogP contribution in [0.15, 0.2) is 48.5 Å². The zero-order valence-electron chi connectivity index (χ0n) is 16.4. The van der Waals surface area contributed by atoms with Crippen LogP contribution in [0.5, 0.6) is 11.5 Å². The standard InChI is InChI=1S/C23H28N2O3/c1-17-10-12-25(13-11-17)15-18-6-8-19(9-7-18)23(26)24-14-20-16-27-21-4-2-3-5-22(21)28-20/h2-9,17,20H,10-16H2,1H3,(H,24,26)/t20-/m1/s1. The molecule has 0 radical (unpaired) electrons. The maximum atomic E-state index is 12.5. The van der Waals surface area contributed by atoms with Crippen LogP contribution in [-0.4, -0.2) is 43.2 Å². The van der Waals surface area contributed by atoms with Gasteiger partial charge in [-0.25, -0.2) is 0 Å². The molecule has 1 fully saturated rings. The molecule has 0 unspecified atom stereocenters. The quantitative estimate of drug-likeness (QED) is 0.863. The van der Waals surface area contributed by atoms with E-state index in [4.69, 9.17) is 9.47 Å². The Morgan fingerprint density at radius 1 is 1.07 bits per heavy atom. The van der Waals surface area contributed by atoms with Crippen LogP contribution in [0.2, 0.25) is 0 Å². The summed E-state index contributed by atoms with van der Waals surface area (Å²) in [4.78, 5) is 14.9. The number of hydrogen-bond acceptors (Lipinski definition) is 4. The Bertz CT molecular complexity index is 798. The molecule has 2 aliphatic rings. The number of nitrogens with one attached hydrogen (secondary N) is 1. The summed E-state index contributed by atoms with van der Waals surface area (Å²) >= 11 is 0. The molecule has 28 heavy (non-hydrogen) atoms. The van der Waals surface area contributed by atoms with E-state index in [0.717, 1.165) is 37.1 Å². The fourth-order valence-corrected chi connectivity index (χ4v) is 3.71. The van der Waals surface area contributed by atoms with Gasteiger partial charge in [0.05, 0.1) is 6.54 Å². The normalized spacial score (nSPS) is 20.0. The molecule has 0 spiro atoms. The van der Waals surface area contributed by atoms with Crippen molar-refractivity contribution in [2.45, 2.75) is 32.4 Å². The van der Waals surface area contributed by atoms with Gasteiger partial charge < -0.3 is 14.8 Å². The molecule has 1 saturated heterocycles. The Labute approximate surface area is 166 Å². The fourth-order valence-electron chi connectivity index (χ4n) is 3.71. The fraction of sp³-hybridized carbons (Fsp3) is 0.435. The molecule has 5 nitrogen and oxygen atoms in total. The van der Waals surface area contributed by atoms with Crippen molar-refractivity contribution in [1.29, 1.82) is 0 Å². The molecular weight excluding hydrogens is 352 g/mol. The van der Waals surface area contributed by atoms with Crippen molar-refractivity contribution in [2.24, 2.45) is 5.92 Å². The van der Waals surface area contributed by atoms with Crippen LogP contribution in [0.4, 0.5) is 0 Å². The molecule has 148 valence electrons. The topological polar surface area (TPSA) is 50.8 Å². The predicted molar refractivity (Wildman–Crippen MR) is 109 cm³/mol. The zero-order valence-corrected chi connectivity index (χ0v) is 16.4. The summed E-state index contributed by atoms with van der Waals surface area (Å²) in [5.41, 5.74) is 1.93. The molecule has 5 heteroatoms. The van der Waals surface area contributed by atoms with E-state index in [1.165, 1.54) is 18.4 Å². The highest BCUT2D eigenvalue weighted by Crippen LogP contribution is 2.30. The van der Waals surface area contributed by atoms with Gasteiger partial charge in [0.2, 0.25) is 0 Å². The van der Waals surface area contributed by atoms with Crippen LogP contribution in [0.3, 0.4) is 0 Å². The average molecular weight is 380 g/mol. The summed E-state index contributed by atoms with van der Waals surface area (Å²) in [6, 6.07) is 15.5. The molecule has 2 heterocycles. The van der Waals surface area contributed by atoms with E-state index in [-0.39, 0.29) is 12.0 Å². The number of piperidine rings is 1. The van der Waals surface area contributed by atoms with Gasteiger partial charge >= 0.3 is 0 Å². The molecule has 2 aromatic rings. The number of hydrogen-bond donors (Lipinski definition) is 1. The third kappa shape index (κ3) is 4.65. The summed E-state index contributed by atoms with van der Waals surface area (Å²) in [6.07, 6.45) is 2.37. The molecule has 2 aromatic carbocycles. The number of likely N-dealkylation sites (tertiary alicyclic amines) is 1. The van der Waals surface area contributed by atoms with E-state index in [1.807, 2.05) is 36.4 Å². The number of carbonyl (C=O) groups excluding carboxylic acids is 1. The van der Waals surface area contributed by atoms with Gasteiger partial charge in [-0.3, -0.25) is 9.69 Å². The van der Waals surface area contributed by atoms with Crippen LogP contribution in [0.25, 0.3) is 0 Å². The molecule has 0 aliphatic carbocycles. The first-order valence-electron chi connectivity index (χ1n) is 10.2. The lowest BCUT2D eigenvalue weighted by atomic mass is 9.99. The largest absolute Gasteiger partial charge is 0.486 e. The number of carbonyl (C=O) groups is 1. The van der Waals surface area contributed by atoms with Gasteiger partial charge in [0.25, 0.3) is 5.91 Å². The van der Waals surface area contributed by atoms with E-state index in [2.05, 4.69) is 29.3 Å². The van der Waals surface area contributed by atoms with Crippen LogP contribution in [-0.2, 0) is 6.54 Å². The van der Waals surface area contributed by atoms with Crippen molar-refractivity contribution in [1.82, 2.24) is 10.2 Å². The summed E-state index contributed by atoms with van der Waals surface area (Å²) < 4.78 is 11.6. The van der Waals surface area contributed by atoms with Crippen molar-refractivity contribution in [2.75, 3.05) is 26.2 Å². The van der Waals surface area contributed by atoms with Crippen molar-refractivity contribution in [3.8, 4) is 11.5 Å². The molecule has 0 saturated carbocycles. The maximum absolute atomic E-state index is 12.5. The Morgan fingerprint density at radius 3 is 2.54 bits per heavy atom. The van der Waals surface area contributed by atoms with Crippen molar-refractivity contribution >= 4 is 5.91 Å². The minimum atomic E-state index is -0.181. The lowest BCUT2D eigenvalue weighted by Gasteiger charge is -2.30. The van der Waals surface area contributed by atoms with Gasteiger partial charge in [-0.2, -0.15) is 0 Å². The average Bonchev–Trinajstić information content (AvgIpc) is 2.74. The minimum absolute atomic E-state index is 0.0826. The Kier molecular flexibility index (Phi) is 5.81. The summed E-state index contributed by atoms with van der Waals surface area (Å²) in [5.74, 6) is 2.24. The highest BCUT2D eigenvalue weighted by molar-refractivity contribution is 5.94. The second kappa shape index (κ2) is 8.65. The first-order valence-corrected chi connectivity index (χ1v) is 10.2. The Morgan fingerprint density at radius 2 is 1.79 bits per heavy atom. The van der Waals surface area contributed by atoms with Crippen molar-refractivity contribution in [3.63, 3.8) is 0 Å². The number of benzene rings is 2. The summed E-state index contributed by atoms with van der Waals surface area (Å²) in [6.45, 7) is 6.47. The van der Waals surface area contributed by atoms with Crippen molar-refractivity contribution in [3.05, 3.63) is 59.7 Å². The number of rotatable bonds is 5. The molecule has 1 atom stereocenters. The summed E-state index contributed by atoms with van der Waals surface area (Å²) in [7, 11) is 0. The molecular formula is C23H28N2O3. The molecule has 1 N–H and O–H groups in total. The van der Waals surface area contributed by atoms with E-state index < -0.39 is 0 Å². The minimum Gasteiger partial charge on any atom is -0.486 e. The maximum Gasteiger partial charge on any atom is 0.251 e. The van der Waals surface area contributed by atoms with Crippen LogP contribution in [0.1, 0.15) is 35.7 Å². The highest BCUT2D eigenvalue weighted by Gasteiger charge is 2.21. The van der Waals surface area contributed by atoms with Crippen LogP contribution < -0.4 is 14.8 Å². The van der Waals surface area contributed by atoms with E-state index in [1.54, 1.807) is 0 Å². The lowest BCUT2D eigenvalue weighted by Crippen LogP contribution is -2.40.